The zero-order valence-corrected chi connectivity index (χ0v) is 9.93. The number of hydrogen-bond donors (Lipinski definition) is 2. The summed E-state index contributed by atoms with van der Waals surface area (Å²) in [5, 5.41) is 18.8. The van der Waals surface area contributed by atoms with E-state index in [1.165, 1.54) is 6.08 Å². The van der Waals surface area contributed by atoms with Gasteiger partial charge < -0.3 is 10.2 Å². The molecule has 0 amide bonds. The highest BCUT2D eigenvalue weighted by Crippen LogP contribution is 2.29. The summed E-state index contributed by atoms with van der Waals surface area (Å²) in [5.74, 6) is -1.01. The number of aliphatic hydroxyl groups is 1. The van der Waals surface area contributed by atoms with Gasteiger partial charge in [0.1, 0.15) is 5.60 Å². The highest BCUT2D eigenvalue weighted by molar-refractivity contribution is 5.92. The molecule has 2 N–H and O–H groups in total. The molecule has 0 saturated heterocycles. The van der Waals surface area contributed by atoms with Gasteiger partial charge in [0.2, 0.25) is 0 Å². The zero-order chi connectivity index (χ0) is 13.1. The lowest BCUT2D eigenvalue weighted by molar-refractivity contribution is -0.131. The Labute approximate surface area is 100.0 Å². The zero-order valence-electron chi connectivity index (χ0n) is 9.93. The van der Waals surface area contributed by atoms with Crippen LogP contribution < -0.4 is 0 Å². The average Bonchev–Trinajstić information content (AvgIpc) is 2.21. The normalized spacial score (nSPS) is 26.2. The van der Waals surface area contributed by atoms with E-state index in [-0.39, 0.29) is 5.78 Å². The summed E-state index contributed by atoms with van der Waals surface area (Å²) in [6, 6.07) is 0. The molecule has 0 radical (unpaired) electrons. The maximum atomic E-state index is 11.1. The van der Waals surface area contributed by atoms with Gasteiger partial charge in [0.05, 0.1) is 0 Å². The standard InChI is InChI=1S/C13H16O4/c1-9(7-12(15)16)3-5-13(17)6-4-11(14)8-10(13)2/h3,5,7-8,17H,4,6H2,1-2H3,(H,15,16)/b5-3+,9-7-/t13-/m0/s1. The molecule has 0 aromatic carbocycles. The van der Waals surface area contributed by atoms with Crippen molar-refractivity contribution in [1.29, 1.82) is 0 Å². The van der Waals surface area contributed by atoms with E-state index in [1.54, 1.807) is 26.0 Å². The fourth-order valence-electron chi connectivity index (χ4n) is 1.68. The van der Waals surface area contributed by atoms with E-state index in [4.69, 9.17) is 5.11 Å². The molecular formula is C13H16O4. The Morgan fingerprint density at radius 2 is 2.18 bits per heavy atom. The number of ketones is 1. The van der Waals surface area contributed by atoms with E-state index in [0.717, 1.165) is 6.08 Å². The van der Waals surface area contributed by atoms with Crippen molar-refractivity contribution in [2.75, 3.05) is 0 Å². The molecule has 0 bridgehead atoms. The molecule has 4 heteroatoms. The molecular weight excluding hydrogens is 220 g/mol. The summed E-state index contributed by atoms with van der Waals surface area (Å²) >= 11 is 0. The summed E-state index contributed by atoms with van der Waals surface area (Å²) in [6.07, 6.45) is 6.24. The number of carboxylic acids is 1. The molecule has 0 spiro atoms. The second kappa shape index (κ2) is 5.10. The molecule has 0 aromatic rings. The van der Waals surface area contributed by atoms with Crippen LogP contribution in [0.25, 0.3) is 0 Å². The van der Waals surface area contributed by atoms with Crippen molar-refractivity contribution < 1.29 is 19.8 Å². The van der Waals surface area contributed by atoms with Gasteiger partial charge in [-0.3, -0.25) is 4.79 Å². The van der Waals surface area contributed by atoms with E-state index < -0.39 is 11.6 Å². The van der Waals surface area contributed by atoms with Crippen LogP contribution in [0.5, 0.6) is 0 Å². The van der Waals surface area contributed by atoms with Gasteiger partial charge in [0.15, 0.2) is 5.78 Å². The molecule has 1 atom stereocenters. The van der Waals surface area contributed by atoms with Crippen LogP contribution in [0, 0.1) is 0 Å². The predicted octanol–water partition coefficient (Wildman–Crippen LogP) is 1.61. The molecule has 1 rings (SSSR count). The topological polar surface area (TPSA) is 74.6 Å². The molecule has 4 nitrogen and oxygen atoms in total. The lowest BCUT2D eigenvalue weighted by atomic mass is 9.83. The number of carbonyl (C=O) groups is 2. The van der Waals surface area contributed by atoms with Crippen molar-refractivity contribution in [3.8, 4) is 0 Å². The fourth-order valence-corrected chi connectivity index (χ4v) is 1.68. The highest BCUT2D eigenvalue weighted by Gasteiger charge is 2.30. The Kier molecular flexibility index (Phi) is 4.02. The summed E-state index contributed by atoms with van der Waals surface area (Å²) in [7, 11) is 0. The third-order valence-corrected chi connectivity index (χ3v) is 2.79. The summed E-state index contributed by atoms with van der Waals surface area (Å²) in [5.41, 5.74) is -0.00892. The second-order valence-electron chi connectivity index (χ2n) is 4.28. The lowest BCUT2D eigenvalue weighted by Gasteiger charge is -2.28. The van der Waals surface area contributed by atoms with Crippen molar-refractivity contribution >= 4 is 11.8 Å². The molecule has 1 aliphatic rings. The molecule has 0 unspecified atom stereocenters. The van der Waals surface area contributed by atoms with Crippen molar-refractivity contribution in [1.82, 2.24) is 0 Å². The molecule has 0 heterocycles. The van der Waals surface area contributed by atoms with Crippen LogP contribution in [-0.2, 0) is 9.59 Å². The fraction of sp³-hybridized carbons (Fsp3) is 0.385. The highest BCUT2D eigenvalue weighted by atomic mass is 16.4. The van der Waals surface area contributed by atoms with Gasteiger partial charge in [-0.25, -0.2) is 4.79 Å². The number of rotatable bonds is 3. The Balaban J connectivity index is 2.87. The Morgan fingerprint density at radius 3 is 2.71 bits per heavy atom. The van der Waals surface area contributed by atoms with Crippen molar-refractivity contribution in [2.45, 2.75) is 32.3 Å². The minimum absolute atomic E-state index is 0.0124. The number of allylic oxidation sites excluding steroid dienone is 3. The van der Waals surface area contributed by atoms with E-state index >= 15 is 0 Å². The Bertz CT molecular complexity index is 429. The van der Waals surface area contributed by atoms with Crippen LogP contribution in [0.3, 0.4) is 0 Å². The number of carbonyl (C=O) groups excluding carboxylic acids is 1. The van der Waals surface area contributed by atoms with Crippen molar-refractivity contribution in [3.63, 3.8) is 0 Å². The molecule has 0 aromatic heterocycles. The van der Waals surface area contributed by atoms with Gasteiger partial charge in [-0.05, 0) is 43.6 Å². The Hall–Kier alpha value is -1.68. The number of aliphatic carboxylic acids is 1. The van der Waals surface area contributed by atoms with Crippen LogP contribution in [0.4, 0.5) is 0 Å². The first-order chi connectivity index (χ1) is 7.83. The summed E-state index contributed by atoms with van der Waals surface area (Å²) in [4.78, 5) is 21.6. The van der Waals surface area contributed by atoms with Crippen LogP contribution in [0.15, 0.2) is 35.5 Å². The van der Waals surface area contributed by atoms with Crippen LogP contribution in [-0.4, -0.2) is 27.6 Å². The molecule has 0 fully saturated rings. The van der Waals surface area contributed by atoms with Gasteiger partial charge in [-0.1, -0.05) is 6.08 Å². The molecule has 0 saturated carbocycles. The first kappa shape index (κ1) is 13.4. The molecule has 1 aliphatic carbocycles. The first-order valence-corrected chi connectivity index (χ1v) is 5.38. The molecule has 17 heavy (non-hydrogen) atoms. The van der Waals surface area contributed by atoms with E-state index in [9.17, 15) is 14.7 Å². The van der Waals surface area contributed by atoms with E-state index in [1.807, 2.05) is 0 Å². The van der Waals surface area contributed by atoms with Gasteiger partial charge >= 0.3 is 5.97 Å². The average molecular weight is 236 g/mol. The van der Waals surface area contributed by atoms with E-state index in [2.05, 4.69) is 0 Å². The smallest absolute Gasteiger partial charge is 0.328 e. The lowest BCUT2D eigenvalue weighted by Crippen LogP contribution is -2.32. The predicted molar refractivity (Wildman–Crippen MR) is 63.5 cm³/mol. The third kappa shape index (κ3) is 3.67. The van der Waals surface area contributed by atoms with Crippen molar-refractivity contribution in [3.05, 3.63) is 35.5 Å². The minimum atomic E-state index is -1.14. The summed E-state index contributed by atoms with van der Waals surface area (Å²) < 4.78 is 0. The van der Waals surface area contributed by atoms with Crippen molar-refractivity contribution in [2.24, 2.45) is 0 Å². The molecule has 0 aliphatic heterocycles. The number of hydrogen-bond acceptors (Lipinski definition) is 3. The quantitative estimate of drug-likeness (QED) is 0.576. The maximum absolute atomic E-state index is 11.1. The third-order valence-electron chi connectivity index (χ3n) is 2.79. The van der Waals surface area contributed by atoms with Gasteiger partial charge in [0, 0.05) is 12.5 Å². The van der Waals surface area contributed by atoms with Crippen LogP contribution in [0.2, 0.25) is 0 Å². The van der Waals surface area contributed by atoms with Gasteiger partial charge in [-0.2, -0.15) is 0 Å². The number of carboxylic acid groups (broad SMARTS) is 1. The SMILES string of the molecule is CC1=CC(=O)CC[C@@]1(O)/C=C/C(C)=C\C(=O)O. The molecule has 92 valence electrons. The van der Waals surface area contributed by atoms with Crippen LogP contribution in [0.1, 0.15) is 26.7 Å². The maximum Gasteiger partial charge on any atom is 0.328 e. The van der Waals surface area contributed by atoms with Gasteiger partial charge in [-0.15, -0.1) is 0 Å². The minimum Gasteiger partial charge on any atom is -0.478 e. The summed E-state index contributed by atoms with van der Waals surface area (Å²) in [6.45, 7) is 3.33. The van der Waals surface area contributed by atoms with E-state index in [0.29, 0.717) is 24.0 Å². The van der Waals surface area contributed by atoms with Gasteiger partial charge in [0.25, 0.3) is 0 Å². The first-order valence-electron chi connectivity index (χ1n) is 5.38. The second-order valence-corrected chi connectivity index (χ2v) is 4.28. The largest absolute Gasteiger partial charge is 0.478 e. The monoisotopic (exact) mass is 236 g/mol. The van der Waals surface area contributed by atoms with Crippen LogP contribution >= 0.6 is 0 Å². The Morgan fingerprint density at radius 1 is 1.53 bits per heavy atom.